The monoisotopic (exact) mass is 328 g/mol. The molecule has 1 amide bonds. The summed E-state index contributed by atoms with van der Waals surface area (Å²) in [6, 6.07) is 6.98. The largest absolute Gasteiger partial charge is 0.496 e. The minimum atomic E-state index is -0.338. The number of hydrogen-bond acceptors (Lipinski definition) is 6. The topological polar surface area (TPSA) is 76.6 Å². The smallest absolute Gasteiger partial charge is 0.264 e. The lowest BCUT2D eigenvalue weighted by Gasteiger charge is -2.17. The first-order valence-corrected chi connectivity index (χ1v) is 7.82. The van der Waals surface area contributed by atoms with Crippen LogP contribution < -0.4 is 19.7 Å². The number of rotatable bonds is 5. The third-order valence-corrected chi connectivity index (χ3v) is 3.98. The number of hydrogen-bond donors (Lipinski definition) is 1. The van der Waals surface area contributed by atoms with Gasteiger partial charge < -0.3 is 19.7 Å². The third-order valence-electron chi connectivity index (χ3n) is 3.98. The van der Waals surface area contributed by atoms with E-state index in [1.165, 1.54) is 20.5 Å². The van der Waals surface area contributed by atoms with Crippen LogP contribution in [0.2, 0.25) is 0 Å². The molecule has 7 nitrogen and oxygen atoms in total. The zero-order valence-electron chi connectivity index (χ0n) is 13.8. The fourth-order valence-electron chi connectivity index (χ4n) is 2.79. The lowest BCUT2D eigenvalue weighted by atomic mass is 10.1. The summed E-state index contributed by atoms with van der Waals surface area (Å²) in [5, 5.41) is 2.79. The number of ether oxygens (including phenoxy) is 2. The first-order chi connectivity index (χ1) is 11.7. The van der Waals surface area contributed by atoms with Crippen molar-refractivity contribution in [2.75, 3.05) is 37.5 Å². The van der Waals surface area contributed by atoms with Crippen LogP contribution in [0.5, 0.6) is 11.5 Å². The minimum Gasteiger partial charge on any atom is -0.496 e. The Morgan fingerprint density at radius 3 is 2.42 bits per heavy atom. The molecule has 2 aromatic rings. The number of anilines is 2. The van der Waals surface area contributed by atoms with E-state index in [4.69, 9.17) is 9.47 Å². The van der Waals surface area contributed by atoms with E-state index < -0.39 is 0 Å². The van der Waals surface area contributed by atoms with Gasteiger partial charge in [-0.25, -0.2) is 9.97 Å². The van der Waals surface area contributed by atoms with Gasteiger partial charge in [-0.2, -0.15) is 0 Å². The molecule has 1 saturated heterocycles. The van der Waals surface area contributed by atoms with Crippen LogP contribution in [0.4, 0.5) is 11.6 Å². The van der Waals surface area contributed by atoms with Gasteiger partial charge in [-0.05, 0) is 25.0 Å². The second-order valence-electron chi connectivity index (χ2n) is 5.45. The molecule has 1 aliphatic heterocycles. The number of aromatic nitrogens is 2. The van der Waals surface area contributed by atoms with Gasteiger partial charge in [0.25, 0.3) is 5.91 Å². The molecule has 0 unspecified atom stereocenters. The number of benzene rings is 1. The van der Waals surface area contributed by atoms with Crippen molar-refractivity contribution in [3.05, 3.63) is 36.2 Å². The van der Waals surface area contributed by atoms with E-state index in [0.29, 0.717) is 22.9 Å². The summed E-state index contributed by atoms with van der Waals surface area (Å²) in [6.07, 6.45) is 3.77. The standard InChI is InChI=1S/C17H20N4O3/c1-23-12-6-5-7-13(24-2)16(12)17(22)20-14-10-15(19-11-18-14)21-8-3-4-9-21/h5-7,10-11H,3-4,8-9H2,1-2H3,(H,18,19,20,22). The van der Waals surface area contributed by atoms with E-state index in [1.807, 2.05) is 0 Å². The average Bonchev–Trinajstić information content (AvgIpc) is 3.15. The number of amides is 1. The molecular weight excluding hydrogens is 308 g/mol. The number of methoxy groups -OCH3 is 2. The van der Waals surface area contributed by atoms with Crippen LogP contribution in [0.25, 0.3) is 0 Å². The molecule has 0 radical (unpaired) electrons. The summed E-state index contributed by atoms with van der Waals surface area (Å²) in [5.41, 5.74) is 0.337. The average molecular weight is 328 g/mol. The molecule has 1 aliphatic rings. The normalized spacial score (nSPS) is 13.7. The van der Waals surface area contributed by atoms with Crippen LogP contribution in [-0.2, 0) is 0 Å². The van der Waals surface area contributed by atoms with Crippen molar-refractivity contribution in [2.24, 2.45) is 0 Å². The van der Waals surface area contributed by atoms with E-state index in [9.17, 15) is 4.79 Å². The number of nitrogens with zero attached hydrogens (tertiary/aromatic N) is 3. The fourth-order valence-corrected chi connectivity index (χ4v) is 2.79. The molecule has 1 aromatic carbocycles. The van der Waals surface area contributed by atoms with E-state index >= 15 is 0 Å². The highest BCUT2D eigenvalue weighted by atomic mass is 16.5. The highest BCUT2D eigenvalue weighted by Crippen LogP contribution is 2.29. The van der Waals surface area contributed by atoms with Gasteiger partial charge in [0.1, 0.15) is 35.0 Å². The first-order valence-electron chi connectivity index (χ1n) is 7.82. The van der Waals surface area contributed by atoms with Crippen molar-refractivity contribution in [1.29, 1.82) is 0 Å². The van der Waals surface area contributed by atoms with Gasteiger partial charge in [0.2, 0.25) is 0 Å². The Hall–Kier alpha value is -2.83. The first kappa shape index (κ1) is 16.0. The molecule has 0 saturated carbocycles. The second-order valence-corrected chi connectivity index (χ2v) is 5.45. The molecule has 1 N–H and O–H groups in total. The summed E-state index contributed by atoms with van der Waals surface area (Å²) >= 11 is 0. The van der Waals surface area contributed by atoms with Crippen LogP contribution in [0, 0.1) is 0 Å². The van der Waals surface area contributed by atoms with E-state index in [-0.39, 0.29) is 5.91 Å². The van der Waals surface area contributed by atoms with Gasteiger partial charge in [0.15, 0.2) is 0 Å². The van der Waals surface area contributed by atoms with E-state index in [1.54, 1.807) is 24.3 Å². The highest BCUT2D eigenvalue weighted by molar-refractivity contribution is 6.07. The molecule has 1 fully saturated rings. The van der Waals surface area contributed by atoms with Gasteiger partial charge in [-0.15, -0.1) is 0 Å². The second kappa shape index (κ2) is 7.16. The van der Waals surface area contributed by atoms with Crippen LogP contribution in [0.15, 0.2) is 30.6 Å². The highest BCUT2D eigenvalue weighted by Gasteiger charge is 2.20. The van der Waals surface area contributed by atoms with Gasteiger partial charge >= 0.3 is 0 Å². The quantitative estimate of drug-likeness (QED) is 0.908. The predicted molar refractivity (Wildman–Crippen MR) is 91.0 cm³/mol. The van der Waals surface area contributed by atoms with Crippen LogP contribution in [-0.4, -0.2) is 43.2 Å². The van der Waals surface area contributed by atoms with Crippen molar-refractivity contribution >= 4 is 17.5 Å². The van der Waals surface area contributed by atoms with Crippen molar-refractivity contribution in [2.45, 2.75) is 12.8 Å². The molecule has 0 spiro atoms. The number of carbonyl (C=O) groups excluding carboxylic acids is 1. The van der Waals surface area contributed by atoms with Crippen LogP contribution in [0.1, 0.15) is 23.2 Å². The molecule has 0 aliphatic carbocycles. The maximum absolute atomic E-state index is 12.7. The molecule has 24 heavy (non-hydrogen) atoms. The Bertz CT molecular complexity index is 707. The maximum atomic E-state index is 12.7. The predicted octanol–water partition coefficient (Wildman–Crippen LogP) is 2.35. The molecule has 0 bridgehead atoms. The SMILES string of the molecule is COc1cccc(OC)c1C(=O)Nc1cc(N2CCCC2)ncn1. The summed E-state index contributed by atoms with van der Waals surface area (Å²) in [7, 11) is 3.03. The zero-order chi connectivity index (χ0) is 16.9. The maximum Gasteiger partial charge on any atom is 0.264 e. The van der Waals surface area contributed by atoms with Gasteiger partial charge in [0, 0.05) is 19.2 Å². The third kappa shape index (κ3) is 3.24. The van der Waals surface area contributed by atoms with Gasteiger partial charge in [-0.3, -0.25) is 4.79 Å². The van der Waals surface area contributed by atoms with Crippen molar-refractivity contribution in [1.82, 2.24) is 9.97 Å². The fraction of sp³-hybridized carbons (Fsp3) is 0.353. The van der Waals surface area contributed by atoms with E-state index in [2.05, 4.69) is 20.2 Å². The molecule has 7 heteroatoms. The molecule has 3 rings (SSSR count). The van der Waals surface area contributed by atoms with Gasteiger partial charge in [0.05, 0.1) is 14.2 Å². The lowest BCUT2D eigenvalue weighted by molar-refractivity contribution is 0.102. The summed E-state index contributed by atoms with van der Waals surface area (Å²) < 4.78 is 10.5. The Morgan fingerprint density at radius 2 is 1.79 bits per heavy atom. The van der Waals surface area contributed by atoms with Crippen LogP contribution >= 0.6 is 0 Å². The van der Waals surface area contributed by atoms with E-state index in [0.717, 1.165) is 31.7 Å². The summed E-state index contributed by atoms with van der Waals surface area (Å²) in [5.74, 6) is 1.83. The number of nitrogens with one attached hydrogen (secondary N) is 1. The lowest BCUT2D eigenvalue weighted by Crippen LogP contribution is -2.20. The molecular formula is C17H20N4O3. The molecule has 0 atom stereocenters. The van der Waals surface area contributed by atoms with Gasteiger partial charge in [-0.1, -0.05) is 6.07 Å². The Balaban J connectivity index is 1.84. The van der Waals surface area contributed by atoms with Crippen LogP contribution in [0.3, 0.4) is 0 Å². The van der Waals surface area contributed by atoms with Crippen molar-refractivity contribution in [3.8, 4) is 11.5 Å². The minimum absolute atomic E-state index is 0.337. The number of carbonyl (C=O) groups is 1. The molecule has 1 aromatic heterocycles. The molecule has 126 valence electrons. The summed E-state index contributed by atoms with van der Waals surface area (Å²) in [4.78, 5) is 23.3. The van der Waals surface area contributed by atoms with Crippen molar-refractivity contribution < 1.29 is 14.3 Å². The summed E-state index contributed by atoms with van der Waals surface area (Å²) in [6.45, 7) is 1.95. The zero-order valence-corrected chi connectivity index (χ0v) is 13.8. The van der Waals surface area contributed by atoms with Crippen molar-refractivity contribution in [3.63, 3.8) is 0 Å². The Morgan fingerprint density at radius 1 is 1.12 bits per heavy atom. The Labute approximate surface area is 140 Å². The molecule has 2 heterocycles. The Kier molecular flexibility index (Phi) is 4.79.